The van der Waals surface area contributed by atoms with Crippen LogP contribution in [0.15, 0.2) is 18.2 Å². The van der Waals surface area contributed by atoms with Crippen LogP contribution >= 0.6 is 0 Å². The first kappa shape index (κ1) is 13.1. The summed E-state index contributed by atoms with van der Waals surface area (Å²) in [6.07, 6.45) is 0.650. The average Bonchev–Trinajstić information content (AvgIpc) is 3.23. The van der Waals surface area contributed by atoms with Crippen molar-refractivity contribution >= 4 is 0 Å². The maximum Gasteiger partial charge on any atom is 0.104 e. The van der Waals surface area contributed by atoms with Crippen LogP contribution in [0.1, 0.15) is 16.7 Å². The van der Waals surface area contributed by atoms with E-state index in [0.29, 0.717) is 38.6 Å². The van der Waals surface area contributed by atoms with E-state index in [4.69, 9.17) is 18.9 Å². The van der Waals surface area contributed by atoms with Crippen molar-refractivity contribution in [2.75, 3.05) is 26.4 Å². The monoisotopic (exact) mass is 264 g/mol. The zero-order valence-electron chi connectivity index (χ0n) is 11.3. The van der Waals surface area contributed by atoms with Gasteiger partial charge in [-0.05, 0) is 18.1 Å². The summed E-state index contributed by atoms with van der Waals surface area (Å²) in [7, 11) is 0. The lowest BCUT2D eigenvalue weighted by Gasteiger charge is -2.08. The smallest absolute Gasteiger partial charge is 0.104 e. The highest BCUT2D eigenvalue weighted by Gasteiger charge is 2.23. The van der Waals surface area contributed by atoms with E-state index in [1.54, 1.807) is 0 Å². The summed E-state index contributed by atoms with van der Waals surface area (Å²) in [5.74, 6) is 0. The summed E-state index contributed by atoms with van der Waals surface area (Å²) in [4.78, 5) is 0. The van der Waals surface area contributed by atoms with E-state index in [9.17, 15) is 0 Å². The minimum atomic E-state index is 0.325. The Bertz CT molecular complexity index is 388. The largest absolute Gasteiger partial charge is 0.374 e. The van der Waals surface area contributed by atoms with Crippen LogP contribution in [0.25, 0.3) is 0 Å². The molecule has 0 N–H and O–H groups in total. The van der Waals surface area contributed by atoms with Crippen molar-refractivity contribution in [1.29, 1.82) is 0 Å². The number of rotatable bonds is 8. The van der Waals surface area contributed by atoms with Crippen LogP contribution in [0.2, 0.25) is 0 Å². The Labute approximate surface area is 113 Å². The number of hydrogen-bond acceptors (Lipinski definition) is 4. The van der Waals surface area contributed by atoms with Gasteiger partial charge in [-0.15, -0.1) is 0 Å². The van der Waals surface area contributed by atoms with Crippen LogP contribution in [0, 0.1) is 6.92 Å². The standard InChI is InChI=1S/C15H20O4/c1-11-2-12(5-16-7-14-9-18-14)4-13(3-11)6-17-8-15-10-19-15/h2-4,14-15H,5-10H2,1H3. The molecular weight excluding hydrogens is 244 g/mol. The second-order valence-corrected chi connectivity index (χ2v) is 5.27. The number of ether oxygens (including phenoxy) is 4. The molecule has 0 aromatic heterocycles. The molecule has 0 radical (unpaired) electrons. The van der Waals surface area contributed by atoms with Crippen molar-refractivity contribution in [1.82, 2.24) is 0 Å². The van der Waals surface area contributed by atoms with Gasteiger partial charge in [0.15, 0.2) is 0 Å². The number of benzene rings is 1. The Morgan fingerprint density at radius 1 is 0.947 bits per heavy atom. The van der Waals surface area contributed by atoms with Crippen molar-refractivity contribution < 1.29 is 18.9 Å². The molecule has 2 aliphatic heterocycles. The molecular formula is C15H20O4. The maximum absolute atomic E-state index is 5.62. The van der Waals surface area contributed by atoms with Crippen LogP contribution in [0.4, 0.5) is 0 Å². The van der Waals surface area contributed by atoms with Crippen molar-refractivity contribution in [2.45, 2.75) is 32.3 Å². The number of aryl methyl sites for hydroxylation is 1. The Balaban J connectivity index is 1.48. The normalized spacial score (nSPS) is 24.5. The molecule has 2 heterocycles. The molecule has 0 bridgehead atoms. The van der Waals surface area contributed by atoms with Gasteiger partial charge in [0, 0.05) is 0 Å². The fourth-order valence-corrected chi connectivity index (χ4v) is 2.06. The Kier molecular flexibility index (Phi) is 4.13. The highest BCUT2D eigenvalue weighted by atomic mass is 16.6. The Morgan fingerprint density at radius 3 is 1.84 bits per heavy atom. The van der Waals surface area contributed by atoms with Crippen molar-refractivity contribution in [2.24, 2.45) is 0 Å². The number of hydrogen-bond donors (Lipinski definition) is 0. The van der Waals surface area contributed by atoms with E-state index in [0.717, 1.165) is 13.2 Å². The van der Waals surface area contributed by atoms with Gasteiger partial charge in [-0.2, -0.15) is 0 Å². The van der Waals surface area contributed by atoms with E-state index >= 15 is 0 Å². The Morgan fingerprint density at radius 2 is 1.42 bits per heavy atom. The third kappa shape index (κ3) is 4.58. The molecule has 3 rings (SSSR count). The van der Waals surface area contributed by atoms with Gasteiger partial charge in [-0.25, -0.2) is 0 Å². The van der Waals surface area contributed by atoms with Gasteiger partial charge in [0.2, 0.25) is 0 Å². The molecule has 4 heteroatoms. The zero-order valence-corrected chi connectivity index (χ0v) is 11.3. The predicted octanol–water partition coefficient (Wildman–Crippen LogP) is 1.83. The van der Waals surface area contributed by atoms with Crippen LogP contribution in [-0.4, -0.2) is 38.6 Å². The van der Waals surface area contributed by atoms with Gasteiger partial charge >= 0.3 is 0 Å². The van der Waals surface area contributed by atoms with Gasteiger partial charge in [0.25, 0.3) is 0 Å². The highest BCUT2D eigenvalue weighted by Crippen LogP contribution is 2.15. The molecule has 2 unspecified atom stereocenters. The van der Waals surface area contributed by atoms with Crippen LogP contribution < -0.4 is 0 Å². The first-order valence-corrected chi connectivity index (χ1v) is 6.78. The summed E-state index contributed by atoms with van der Waals surface area (Å²) < 4.78 is 21.5. The predicted molar refractivity (Wildman–Crippen MR) is 70.0 cm³/mol. The summed E-state index contributed by atoms with van der Waals surface area (Å²) in [6, 6.07) is 6.46. The molecule has 2 fully saturated rings. The van der Waals surface area contributed by atoms with Gasteiger partial charge in [-0.1, -0.05) is 23.8 Å². The molecule has 2 atom stereocenters. The molecule has 0 amide bonds. The lowest BCUT2D eigenvalue weighted by Crippen LogP contribution is -2.04. The van der Waals surface area contributed by atoms with Crippen LogP contribution in [-0.2, 0) is 32.2 Å². The lowest BCUT2D eigenvalue weighted by atomic mass is 10.1. The molecule has 2 aliphatic rings. The second-order valence-electron chi connectivity index (χ2n) is 5.27. The minimum Gasteiger partial charge on any atom is -0.374 e. The van der Waals surface area contributed by atoms with Crippen molar-refractivity contribution in [3.8, 4) is 0 Å². The maximum atomic E-state index is 5.62. The minimum absolute atomic E-state index is 0.325. The summed E-state index contributed by atoms with van der Waals surface area (Å²) in [5, 5.41) is 0. The highest BCUT2D eigenvalue weighted by molar-refractivity contribution is 5.28. The van der Waals surface area contributed by atoms with Crippen molar-refractivity contribution in [3.63, 3.8) is 0 Å². The van der Waals surface area contributed by atoms with E-state index < -0.39 is 0 Å². The molecule has 2 saturated heterocycles. The van der Waals surface area contributed by atoms with Gasteiger partial charge in [-0.3, -0.25) is 0 Å². The molecule has 0 aliphatic carbocycles. The molecule has 0 spiro atoms. The van der Waals surface area contributed by atoms with Gasteiger partial charge in [0.05, 0.1) is 39.6 Å². The molecule has 4 nitrogen and oxygen atoms in total. The summed E-state index contributed by atoms with van der Waals surface area (Å²) in [5.41, 5.74) is 3.63. The third-order valence-electron chi connectivity index (χ3n) is 3.15. The number of epoxide rings is 2. The fraction of sp³-hybridized carbons (Fsp3) is 0.600. The molecule has 104 valence electrons. The van der Waals surface area contributed by atoms with Crippen LogP contribution in [0.5, 0.6) is 0 Å². The molecule has 1 aromatic carbocycles. The third-order valence-corrected chi connectivity index (χ3v) is 3.15. The van der Waals surface area contributed by atoms with Crippen molar-refractivity contribution in [3.05, 3.63) is 34.9 Å². The first-order valence-electron chi connectivity index (χ1n) is 6.78. The second kappa shape index (κ2) is 6.01. The SMILES string of the molecule is Cc1cc(COCC2CO2)cc(COCC2CO2)c1. The zero-order chi connectivity index (χ0) is 13.1. The summed E-state index contributed by atoms with van der Waals surface area (Å²) >= 11 is 0. The van der Waals surface area contributed by atoms with E-state index in [2.05, 4.69) is 25.1 Å². The van der Waals surface area contributed by atoms with E-state index in [1.165, 1.54) is 16.7 Å². The first-order chi connectivity index (χ1) is 9.29. The lowest BCUT2D eigenvalue weighted by molar-refractivity contribution is 0.100. The molecule has 0 saturated carbocycles. The Hall–Kier alpha value is -0.940. The average molecular weight is 264 g/mol. The molecule has 19 heavy (non-hydrogen) atoms. The molecule has 1 aromatic rings. The van der Waals surface area contributed by atoms with Gasteiger partial charge < -0.3 is 18.9 Å². The fourth-order valence-electron chi connectivity index (χ4n) is 2.06. The summed E-state index contributed by atoms with van der Waals surface area (Å²) in [6.45, 7) is 6.45. The van der Waals surface area contributed by atoms with E-state index in [-0.39, 0.29) is 0 Å². The quantitative estimate of drug-likeness (QED) is 0.672. The van der Waals surface area contributed by atoms with E-state index in [1.807, 2.05) is 0 Å². The van der Waals surface area contributed by atoms with Gasteiger partial charge in [0.1, 0.15) is 12.2 Å². The topological polar surface area (TPSA) is 43.5 Å². The van der Waals surface area contributed by atoms with Crippen LogP contribution in [0.3, 0.4) is 0 Å².